The molecule has 0 unspecified atom stereocenters. The maximum atomic E-state index is 11.1. The average Bonchev–Trinajstić information content (AvgIpc) is 2.87. The Balaban J connectivity index is 2.20. The molecule has 0 fully saturated rings. The van der Waals surface area contributed by atoms with Crippen molar-refractivity contribution in [1.82, 2.24) is 20.1 Å². The molecule has 0 atom stereocenters. The molecule has 0 aliphatic heterocycles. The highest BCUT2D eigenvalue weighted by molar-refractivity contribution is 6.09. The molecule has 0 aliphatic rings. The van der Waals surface area contributed by atoms with Gasteiger partial charge in [-0.1, -0.05) is 25.1 Å². The Kier molecular flexibility index (Phi) is 4.14. The second-order valence-electron chi connectivity index (χ2n) is 5.64. The SMILES string of the molecule is CCCn1nc2c(N)nc3ccccc3c2c1CCNC(C)=O. The van der Waals surface area contributed by atoms with E-state index >= 15 is 0 Å². The molecule has 0 radical (unpaired) electrons. The molecule has 6 heteroatoms. The summed E-state index contributed by atoms with van der Waals surface area (Å²) in [5.74, 6) is 0.427. The van der Waals surface area contributed by atoms with E-state index in [1.807, 2.05) is 28.9 Å². The van der Waals surface area contributed by atoms with Crippen LogP contribution in [0.15, 0.2) is 24.3 Å². The highest BCUT2D eigenvalue weighted by atomic mass is 16.1. The zero-order valence-corrected chi connectivity index (χ0v) is 13.5. The molecule has 3 N–H and O–H groups in total. The van der Waals surface area contributed by atoms with Crippen molar-refractivity contribution >= 4 is 33.5 Å². The molecular weight excluding hydrogens is 290 g/mol. The van der Waals surface area contributed by atoms with Crippen LogP contribution in [0, 0.1) is 0 Å². The van der Waals surface area contributed by atoms with Crippen molar-refractivity contribution < 1.29 is 4.79 Å². The highest BCUT2D eigenvalue weighted by Gasteiger charge is 2.17. The van der Waals surface area contributed by atoms with Crippen molar-refractivity contribution in [3.63, 3.8) is 0 Å². The standard InChI is InChI=1S/C17H21N5O/c1-3-10-22-14(8-9-19-11(2)23)15-12-6-4-5-7-13(12)20-17(18)16(15)21-22/h4-7H,3,8-10H2,1-2H3,(H2,18,20)(H,19,23). The normalized spacial score (nSPS) is 11.2. The number of hydrogen-bond acceptors (Lipinski definition) is 4. The van der Waals surface area contributed by atoms with E-state index in [1.165, 1.54) is 6.92 Å². The first-order valence-electron chi connectivity index (χ1n) is 7.90. The molecule has 0 spiro atoms. The largest absolute Gasteiger partial charge is 0.382 e. The number of rotatable bonds is 5. The topological polar surface area (TPSA) is 85.8 Å². The minimum absolute atomic E-state index is 0.0260. The second-order valence-corrected chi connectivity index (χ2v) is 5.64. The predicted molar refractivity (Wildman–Crippen MR) is 92.1 cm³/mol. The molecule has 0 saturated heterocycles. The van der Waals surface area contributed by atoms with Gasteiger partial charge in [0.05, 0.1) is 5.52 Å². The van der Waals surface area contributed by atoms with Crippen molar-refractivity contribution in [3.8, 4) is 0 Å². The van der Waals surface area contributed by atoms with Crippen molar-refractivity contribution in [2.24, 2.45) is 0 Å². The number of nitrogen functional groups attached to an aromatic ring is 1. The van der Waals surface area contributed by atoms with Crippen LogP contribution < -0.4 is 11.1 Å². The fraction of sp³-hybridized carbons (Fsp3) is 0.353. The Labute approximate surface area is 134 Å². The number of benzene rings is 1. The van der Waals surface area contributed by atoms with Crippen LogP contribution in [0.2, 0.25) is 0 Å². The van der Waals surface area contributed by atoms with Gasteiger partial charge in [0.2, 0.25) is 5.91 Å². The van der Waals surface area contributed by atoms with Gasteiger partial charge in [0.15, 0.2) is 5.82 Å². The summed E-state index contributed by atoms with van der Waals surface area (Å²) in [5.41, 5.74) is 8.83. The van der Waals surface area contributed by atoms with E-state index in [1.54, 1.807) is 0 Å². The summed E-state index contributed by atoms with van der Waals surface area (Å²) in [4.78, 5) is 15.6. The van der Waals surface area contributed by atoms with Crippen LogP contribution in [0.1, 0.15) is 26.0 Å². The Hall–Kier alpha value is -2.63. The van der Waals surface area contributed by atoms with Gasteiger partial charge in [-0.2, -0.15) is 5.10 Å². The number of hydrogen-bond donors (Lipinski definition) is 2. The van der Waals surface area contributed by atoms with Crippen LogP contribution in [0.3, 0.4) is 0 Å². The smallest absolute Gasteiger partial charge is 0.216 e. The van der Waals surface area contributed by atoms with E-state index in [0.717, 1.165) is 40.5 Å². The zero-order chi connectivity index (χ0) is 16.4. The van der Waals surface area contributed by atoms with Gasteiger partial charge in [0.1, 0.15) is 5.52 Å². The third kappa shape index (κ3) is 2.84. The number of carbonyl (C=O) groups is 1. The molecule has 0 bridgehead atoms. The lowest BCUT2D eigenvalue weighted by Crippen LogP contribution is -2.23. The maximum Gasteiger partial charge on any atom is 0.216 e. The van der Waals surface area contributed by atoms with Gasteiger partial charge in [0.25, 0.3) is 0 Å². The molecular formula is C17H21N5O. The number of amides is 1. The Bertz CT molecular complexity index is 868. The van der Waals surface area contributed by atoms with Crippen LogP contribution in [-0.2, 0) is 17.8 Å². The molecule has 120 valence electrons. The first-order chi connectivity index (χ1) is 11.1. The lowest BCUT2D eigenvalue weighted by atomic mass is 10.1. The zero-order valence-electron chi connectivity index (χ0n) is 13.5. The van der Waals surface area contributed by atoms with Crippen LogP contribution in [-0.4, -0.2) is 27.2 Å². The number of anilines is 1. The summed E-state index contributed by atoms with van der Waals surface area (Å²) in [7, 11) is 0. The number of carbonyl (C=O) groups excluding carboxylic acids is 1. The van der Waals surface area contributed by atoms with Crippen molar-refractivity contribution in [1.29, 1.82) is 0 Å². The van der Waals surface area contributed by atoms with Crippen LogP contribution in [0.25, 0.3) is 21.8 Å². The second kappa shape index (κ2) is 6.24. The molecule has 3 rings (SSSR count). The van der Waals surface area contributed by atoms with Crippen LogP contribution in [0.4, 0.5) is 5.82 Å². The summed E-state index contributed by atoms with van der Waals surface area (Å²) in [6.07, 6.45) is 1.69. The number of aromatic nitrogens is 3. The number of nitrogens with two attached hydrogens (primary N) is 1. The molecule has 1 amide bonds. The fourth-order valence-corrected chi connectivity index (χ4v) is 2.93. The van der Waals surface area contributed by atoms with Gasteiger partial charge in [0, 0.05) is 42.9 Å². The number of fused-ring (bicyclic) bond motifs is 3. The quantitative estimate of drug-likeness (QED) is 0.757. The molecule has 0 aliphatic carbocycles. The van der Waals surface area contributed by atoms with Gasteiger partial charge in [-0.3, -0.25) is 9.48 Å². The third-order valence-corrected chi connectivity index (χ3v) is 3.89. The summed E-state index contributed by atoms with van der Waals surface area (Å²) in [6.45, 7) is 5.04. The lowest BCUT2D eigenvalue weighted by Gasteiger charge is -2.08. The van der Waals surface area contributed by atoms with E-state index in [2.05, 4.69) is 22.3 Å². The molecule has 3 aromatic rings. The van der Waals surface area contributed by atoms with E-state index in [9.17, 15) is 4.79 Å². The van der Waals surface area contributed by atoms with Crippen LogP contribution in [0.5, 0.6) is 0 Å². The molecule has 23 heavy (non-hydrogen) atoms. The summed E-state index contributed by atoms with van der Waals surface area (Å²) >= 11 is 0. The summed E-state index contributed by atoms with van der Waals surface area (Å²) < 4.78 is 2.00. The van der Waals surface area contributed by atoms with Gasteiger partial charge in [-0.15, -0.1) is 0 Å². The first-order valence-corrected chi connectivity index (χ1v) is 7.90. The Morgan fingerprint density at radius 1 is 1.35 bits per heavy atom. The highest BCUT2D eigenvalue weighted by Crippen LogP contribution is 2.30. The van der Waals surface area contributed by atoms with E-state index in [-0.39, 0.29) is 5.91 Å². The molecule has 2 aromatic heterocycles. The Morgan fingerprint density at radius 3 is 2.87 bits per heavy atom. The Morgan fingerprint density at radius 2 is 2.13 bits per heavy atom. The first kappa shape index (κ1) is 15.3. The van der Waals surface area contributed by atoms with Crippen LogP contribution >= 0.6 is 0 Å². The number of nitrogens with one attached hydrogen (secondary N) is 1. The number of pyridine rings is 1. The average molecular weight is 311 g/mol. The molecule has 0 saturated carbocycles. The van der Waals surface area contributed by atoms with E-state index in [4.69, 9.17) is 5.73 Å². The number of aryl methyl sites for hydroxylation is 1. The van der Waals surface area contributed by atoms with E-state index in [0.29, 0.717) is 18.8 Å². The van der Waals surface area contributed by atoms with Gasteiger partial charge in [-0.05, 0) is 12.5 Å². The minimum atomic E-state index is -0.0260. The van der Waals surface area contributed by atoms with Crippen molar-refractivity contribution in [3.05, 3.63) is 30.0 Å². The number of para-hydroxylation sites is 1. The van der Waals surface area contributed by atoms with Gasteiger partial charge >= 0.3 is 0 Å². The molecule has 6 nitrogen and oxygen atoms in total. The van der Waals surface area contributed by atoms with Crippen molar-refractivity contribution in [2.75, 3.05) is 12.3 Å². The predicted octanol–water partition coefficient (Wildman–Crippen LogP) is 2.26. The van der Waals surface area contributed by atoms with E-state index < -0.39 is 0 Å². The van der Waals surface area contributed by atoms with Gasteiger partial charge in [-0.25, -0.2) is 4.98 Å². The molecule has 1 aromatic carbocycles. The lowest BCUT2D eigenvalue weighted by molar-refractivity contribution is -0.118. The fourth-order valence-electron chi connectivity index (χ4n) is 2.93. The summed E-state index contributed by atoms with van der Waals surface area (Å²) in [6, 6.07) is 7.95. The van der Waals surface area contributed by atoms with Crippen molar-refractivity contribution in [2.45, 2.75) is 33.2 Å². The number of nitrogens with zero attached hydrogens (tertiary/aromatic N) is 3. The molecule has 2 heterocycles. The monoisotopic (exact) mass is 311 g/mol. The summed E-state index contributed by atoms with van der Waals surface area (Å²) in [5, 5.41) is 9.62. The maximum absolute atomic E-state index is 11.1. The van der Waals surface area contributed by atoms with Gasteiger partial charge < -0.3 is 11.1 Å². The third-order valence-electron chi connectivity index (χ3n) is 3.89. The minimum Gasteiger partial charge on any atom is -0.382 e.